The van der Waals surface area contributed by atoms with Crippen molar-refractivity contribution in [3.05, 3.63) is 35.9 Å². The topological polar surface area (TPSA) is 64.4 Å². The van der Waals surface area contributed by atoms with E-state index in [0.717, 1.165) is 13.0 Å². The predicted octanol–water partition coefficient (Wildman–Crippen LogP) is 0.809. The fourth-order valence-electron chi connectivity index (χ4n) is 2.10. The second-order valence-corrected chi connectivity index (χ2v) is 4.43. The van der Waals surface area contributed by atoms with Crippen molar-refractivity contribution in [3.8, 4) is 0 Å². The highest BCUT2D eigenvalue weighted by molar-refractivity contribution is 5.74. The van der Waals surface area contributed by atoms with Crippen molar-refractivity contribution >= 4 is 5.91 Å². The van der Waals surface area contributed by atoms with Crippen LogP contribution in [-0.2, 0) is 16.1 Å². The summed E-state index contributed by atoms with van der Waals surface area (Å²) in [6, 6.07) is 10.3. The molecule has 1 amide bonds. The molecule has 0 saturated carbocycles. The summed E-state index contributed by atoms with van der Waals surface area (Å²) in [6.45, 7) is 1.42. The normalized spacial score (nSPS) is 23.8. The highest BCUT2D eigenvalue weighted by atomic mass is 16.5. The average molecular weight is 234 g/mol. The first-order chi connectivity index (χ1) is 8.24. The van der Waals surface area contributed by atoms with E-state index in [1.165, 1.54) is 5.56 Å². The minimum absolute atomic E-state index is 0.174. The Kier molecular flexibility index (Phi) is 4.12. The lowest BCUT2D eigenvalue weighted by Crippen LogP contribution is -2.27. The molecule has 1 fully saturated rings. The molecule has 1 aliphatic rings. The quantitative estimate of drug-likeness (QED) is 0.792. The van der Waals surface area contributed by atoms with Crippen LogP contribution in [0.25, 0.3) is 0 Å². The Morgan fingerprint density at radius 3 is 2.88 bits per heavy atom. The van der Waals surface area contributed by atoms with Gasteiger partial charge in [-0.1, -0.05) is 30.3 Å². The molecule has 0 aromatic heterocycles. The van der Waals surface area contributed by atoms with Gasteiger partial charge in [-0.15, -0.1) is 0 Å². The van der Waals surface area contributed by atoms with E-state index in [1.54, 1.807) is 0 Å². The smallest absolute Gasteiger partial charge is 0.218 e. The van der Waals surface area contributed by atoms with Crippen LogP contribution in [0.1, 0.15) is 18.4 Å². The summed E-state index contributed by atoms with van der Waals surface area (Å²) in [7, 11) is 0. The van der Waals surface area contributed by atoms with Crippen molar-refractivity contribution in [1.82, 2.24) is 5.32 Å². The molecule has 0 bridgehead atoms. The molecule has 1 aromatic rings. The summed E-state index contributed by atoms with van der Waals surface area (Å²) in [6.07, 6.45) is 1.43. The van der Waals surface area contributed by atoms with Crippen LogP contribution in [0.15, 0.2) is 30.3 Å². The number of rotatable bonds is 5. The maximum Gasteiger partial charge on any atom is 0.218 e. The minimum atomic E-state index is -0.258. The number of nitrogens with two attached hydrogens (primary N) is 1. The van der Waals surface area contributed by atoms with Gasteiger partial charge in [-0.25, -0.2) is 0 Å². The number of nitrogens with one attached hydrogen (secondary N) is 1. The van der Waals surface area contributed by atoms with Gasteiger partial charge >= 0.3 is 0 Å². The van der Waals surface area contributed by atoms with Crippen LogP contribution in [0.2, 0.25) is 0 Å². The summed E-state index contributed by atoms with van der Waals surface area (Å²) in [5.41, 5.74) is 6.34. The van der Waals surface area contributed by atoms with Gasteiger partial charge in [0, 0.05) is 19.0 Å². The van der Waals surface area contributed by atoms with Crippen LogP contribution >= 0.6 is 0 Å². The molecule has 1 saturated heterocycles. The monoisotopic (exact) mass is 234 g/mol. The fourth-order valence-corrected chi connectivity index (χ4v) is 2.10. The first-order valence-corrected chi connectivity index (χ1v) is 5.91. The second kappa shape index (κ2) is 5.80. The number of carbonyl (C=O) groups is 1. The van der Waals surface area contributed by atoms with Crippen LogP contribution in [0.4, 0.5) is 0 Å². The number of benzene rings is 1. The van der Waals surface area contributed by atoms with E-state index in [1.807, 2.05) is 30.3 Å². The number of primary amides is 1. The molecular weight excluding hydrogens is 216 g/mol. The minimum Gasteiger partial charge on any atom is -0.372 e. The van der Waals surface area contributed by atoms with Crippen molar-refractivity contribution < 1.29 is 9.53 Å². The van der Waals surface area contributed by atoms with Crippen LogP contribution < -0.4 is 11.1 Å². The lowest BCUT2D eigenvalue weighted by atomic mass is 10.1. The Labute approximate surface area is 101 Å². The van der Waals surface area contributed by atoms with Crippen molar-refractivity contribution in [2.75, 3.05) is 6.54 Å². The van der Waals surface area contributed by atoms with Gasteiger partial charge in [0.25, 0.3) is 0 Å². The Morgan fingerprint density at radius 1 is 1.41 bits per heavy atom. The molecule has 4 heteroatoms. The maximum absolute atomic E-state index is 10.8. The molecule has 0 unspecified atom stereocenters. The van der Waals surface area contributed by atoms with Gasteiger partial charge in [0.1, 0.15) is 0 Å². The third-order valence-electron chi connectivity index (χ3n) is 2.96. The summed E-state index contributed by atoms with van der Waals surface area (Å²) >= 11 is 0. The van der Waals surface area contributed by atoms with Crippen LogP contribution in [0, 0.1) is 0 Å². The zero-order chi connectivity index (χ0) is 12.1. The van der Waals surface area contributed by atoms with Gasteiger partial charge in [0.05, 0.1) is 12.7 Å². The first kappa shape index (κ1) is 12.1. The van der Waals surface area contributed by atoms with Gasteiger partial charge in [-0.3, -0.25) is 4.79 Å². The predicted molar refractivity (Wildman–Crippen MR) is 65.2 cm³/mol. The van der Waals surface area contributed by atoms with E-state index in [4.69, 9.17) is 10.5 Å². The number of hydrogen-bond donors (Lipinski definition) is 2. The Bertz CT molecular complexity index is 367. The van der Waals surface area contributed by atoms with Crippen LogP contribution in [0.5, 0.6) is 0 Å². The molecule has 3 N–H and O–H groups in total. The van der Waals surface area contributed by atoms with Crippen molar-refractivity contribution in [1.29, 1.82) is 0 Å². The van der Waals surface area contributed by atoms with E-state index >= 15 is 0 Å². The molecule has 17 heavy (non-hydrogen) atoms. The number of amides is 1. The van der Waals surface area contributed by atoms with Crippen molar-refractivity contribution in [2.45, 2.75) is 31.6 Å². The molecule has 0 spiro atoms. The molecule has 4 nitrogen and oxygen atoms in total. The third-order valence-corrected chi connectivity index (χ3v) is 2.96. The largest absolute Gasteiger partial charge is 0.372 e. The fraction of sp³-hybridized carbons (Fsp3) is 0.462. The lowest BCUT2D eigenvalue weighted by molar-refractivity contribution is -0.118. The van der Waals surface area contributed by atoms with Crippen molar-refractivity contribution in [2.24, 2.45) is 5.73 Å². The molecule has 1 aromatic carbocycles. The van der Waals surface area contributed by atoms with E-state index in [9.17, 15) is 4.79 Å². The van der Waals surface area contributed by atoms with Crippen molar-refractivity contribution in [3.63, 3.8) is 0 Å². The Morgan fingerprint density at radius 2 is 2.18 bits per heavy atom. The standard InChI is InChI=1S/C13H18N2O2/c14-13(16)7-11-6-12(8-15-11)17-9-10-4-2-1-3-5-10/h1-5,11-12,15H,6-9H2,(H2,14,16)/t11-,12+/m0/s1. The van der Waals surface area contributed by atoms with Gasteiger partial charge < -0.3 is 15.8 Å². The second-order valence-electron chi connectivity index (χ2n) is 4.43. The molecule has 0 aliphatic carbocycles. The van der Waals surface area contributed by atoms with Gasteiger partial charge in [-0.2, -0.15) is 0 Å². The van der Waals surface area contributed by atoms with Gasteiger partial charge in [0.15, 0.2) is 0 Å². The number of carbonyl (C=O) groups excluding carboxylic acids is 1. The molecule has 92 valence electrons. The van der Waals surface area contributed by atoms with E-state index in [0.29, 0.717) is 13.0 Å². The highest BCUT2D eigenvalue weighted by Gasteiger charge is 2.25. The molecule has 0 radical (unpaired) electrons. The van der Waals surface area contributed by atoms with Gasteiger partial charge in [0.2, 0.25) is 5.91 Å². The van der Waals surface area contributed by atoms with Crippen LogP contribution in [-0.4, -0.2) is 24.6 Å². The Balaban J connectivity index is 1.73. The lowest BCUT2D eigenvalue weighted by Gasteiger charge is -2.11. The first-order valence-electron chi connectivity index (χ1n) is 5.91. The number of hydrogen-bond acceptors (Lipinski definition) is 3. The average Bonchev–Trinajstić information content (AvgIpc) is 2.75. The third kappa shape index (κ3) is 3.84. The Hall–Kier alpha value is -1.39. The summed E-state index contributed by atoms with van der Waals surface area (Å²) in [5.74, 6) is -0.258. The maximum atomic E-state index is 10.8. The summed E-state index contributed by atoms with van der Waals surface area (Å²) in [5, 5.41) is 3.25. The molecule has 1 aliphatic heterocycles. The van der Waals surface area contributed by atoms with E-state index < -0.39 is 0 Å². The van der Waals surface area contributed by atoms with E-state index in [2.05, 4.69) is 5.32 Å². The van der Waals surface area contributed by atoms with Crippen LogP contribution in [0.3, 0.4) is 0 Å². The molecule has 2 atom stereocenters. The summed E-state index contributed by atoms with van der Waals surface area (Å²) in [4.78, 5) is 10.8. The zero-order valence-corrected chi connectivity index (χ0v) is 9.76. The summed E-state index contributed by atoms with van der Waals surface area (Å²) < 4.78 is 5.79. The zero-order valence-electron chi connectivity index (χ0n) is 9.76. The molecule has 1 heterocycles. The van der Waals surface area contributed by atoms with E-state index in [-0.39, 0.29) is 18.1 Å². The molecule has 2 rings (SSSR count). The van der Waals surface area contributed by atoms with Gasteiger partial charge in [-0.05, 0) is 12.0 Å². The SMILES string of the molecule is NC(=O)C[C@@H]1C[C@@H](OCc2ccccc2)CN1. The highest BCUT2D eigenvalue weighted by Crippen LogP contribution is 2.14. The molecular formula is C13H18N2O2. The number of ether oxygens (including phenoxy) is 1.